The molecule has 221 valence electrons. The molecule has 4 rings (SSSR count). The summed E-state index contributed by atoms with van der Waals surface area (Å²) in [5, 5.41) is 9.46. The number of hydrogen-bond acceptors (Lipinski definition) is 7. The Morgan fingerprint density at radius 3 is 1.52 bits per heavy atom. The van der Waals surface area contributed by atoms with E-state index in [0.29, 0.717) is 17.0 Å². The van der Waals surface area contributed by atoms with Crippen LogP contribution >= 0.6 is 0 Å². The number of phenols is 1. The fourth-order valence-electron chi connectivity index (χ4n) is 3.36. The van der Waals surface area contributed by atoms with Gasteiger partial charge in [-0.1, -0.05) is 12.1 Å². The summed E-state index contributed by atoms with van der Waals surface area (Å²) >= 11 is -0.589. The molecule has 0 spiro atoms. The molecule has 0 aliphatic heterocycles. The Balaban J connectivity index is 0.000000221. The highest BCUT2D eigenvalue weighted by Gasteiger charge is 2.34. The molecule has 2 aromatic heterocycles. The van der Waals surface area contributed by atoms with Crippen molar-refractivity contribution in [2.24, 2.45) is 0 Å². The first kappa shape index (κ1) is 35.3. The van der Waals surface area contributed by atoms with Crippen LogP contribution in [0.2, 0.25) is 0 Å². The van der Waals surface area contributed by atoms with E-state index in [1.165, 1.54) is 40.9 Å². The van der Waals surface area contributed by atoms with Crippen LogP contribution < -0.4 is 3.79 Å². The van der Waals surface area contributed by atoms with Crippen molar-refractivity contribution in [3.8, 4) is 34.0 Å². The van der Waals surface area contributed by atoms with Crippen molar-refractivity contribution in [2.75, 3.05) is 0 Å². The standard InChI is InChI=1S/2C11H8FNO.3C3H7O.2Al.H/c2*12-8-4-5-9(11(14)7-8)10-3-1-2-6-13-10;3*1-3(2)4;;;/h2*1-7,14H;3*3H,1-2H3;;;/q;;3*-1;+1;+3;/p-1. The van der Waals surface area contributed by atoms with Gasteiger partial charge in [0.05, 0.1) is 17.1 Å². The van der Waals surface area contributed by atoms with Gasteiger partial charge < -0.3 is 20.3 Å². The summed E-state index contributed by atoms with van der Waals surface area (Å²) in [5.41, 5.74) is 2.74. The third-order valence-corrected chi connectivity index (χ3v) is 7.70. The highest BCUT2D eigenvalue weighted by molar-refractivity contribution is 6.36. The van der Waals surface area contributed by atoms with E-state index in [1.54, 1.807) is 30.6 Å². The SMILES string of the molecule is CC(C)[O][Al]([O]C(C)C)[O]C(C)C.Fc1ccc(-c2ccccn2)c([O][AlH])c1.Oc1cc(F)ccc1-c1ccccn1. The molecule has 0 atom stereocenters. The zero-order valence-electron chi connectivity index (χ0n) is 24.8. The monoisotopic (exact) mass is 609 g/mol. The molecular weight excluding hydrogens is 572 g/mol. The number of hydrogen-bond donors (Lipinski definition) is 1. The van der Waals surface area contributed by atoms with Crippen molar-refractivity contribution in [2.45, 2.75) is 59.9 Å². The molecule has 4 aromatic rings. The lowest BCUT2D eigenvalue weighted by Crippen LogP contribution is -2.34. The molecule has 42 heavy (non-hydrogen) atoms. The predicted octanol–water partition coefficient (Wildman–Crippen LogP) is 6.92. The Bertz CT molecular complexity index is 1310. The number of benzene rings is 2. The molecule has 0 fully saturated rings. The lowest BCUT2D eigenvalue weighted by Gasteiger charge is -2.19. The van der Waals surface area contributed by atoms with Crippen LogP contribution in [0.4, 0.5) is 8.78 Å². The Morgan fingerprint density at radius 2 is 1.12 bits per heavy atom. The fraction of sp³-hybridized carbons (Fsp3) is 0.290. The molecule has 0 aliphatic carbocycles. The summed E-state index contributed by atoms with van der Waals surface area (Å²) in [5.74, 6) is -0.353. The lowest BCUT2D eigenvalue weighted by molar-refractivity contribution is 0.0335. The second kappa shape index (κ2) is 18.6. The van der Waals surface area contributed by atoms with Gasteiger partial charge in [-0.15, -0.1) is 0 Å². The van der Waals surface area contributed by atoms with Crippen LogP contribution in [0.3, 0.4) is 0 Å². The number of aromatic nitrogens is 2. The minimum absolute atomic E-state index is 0.0938. The number of rotatable bonds is 9. The van der Waals surface area contributed by atoms with Gasteiger partial charge in [0.15, 0.2) is 0 Å². The Morgan fingerprint density at radius 1 is 0.667 bits per heavy atom. The maximum Gasteiger partial charge on any atom is 0.906 e. The Hall–Kier alpha value is -2.86. The first-order chi connectivity index (χ1) is 20.0. The van der Waals surface area contributed by atoms with Crippen molar-refractivity contribution in [1.82, 2.24) is 9.97 Å². The minimum Gasteiger partial charge on any atom is -0.650 e. The molecule has 1 radical (unpaired) electrons. The average Bonchev–Trinajstić information content (AvgIpc) is 2.93. The molecule has 2 heterocycles. The van der Waals surface area contributed by atoms with Crippen LogP contribution in [0.15, 0.2) is 85.2 Å². The molecule has 0 bridgehead atoms. The first-order valence-corrected chi connectivity index (χ1v) is 15.5. The van der Waals surface area contributed by atoms with Crippen LogP contribution in [0.1, 0.15) is 41.5 Å². The molecule has 0 saturated carbocycles. The van der Waals surface area contributed by atoms with E-state index in [0.717, 1.165) is 17.3 Å². The van der Waals surface area contributed by atoms with E-state index in [-0.39, 0.29) is 29.9 Å². The van der Waals surface area contributed by atoms with Gasteiger partial charge in [-0.05, 0) is 90.1 Å². The van der Waals surface area contributed by atoms with E-state index in [1.807, 2.05) is 65.8 Å². The molecule has 7 nitrogen and oxygen atoms in total. The van der Waals surface area contributed by atoms with Gasteiger partial charge in [-0.3, -0.25) is 9.97 Å². The predicted molar refractivity (Wildman–Crippen MR) is 163 cm³/mol. The van der Waals surface area contributed by atoms with Crippen molar-refractivity contribution in [1.29, 1.82) is 0 Å². The highest BCUT2D eigenvalue weighted by Crippen LogP contribution is 2.29. The maximum absolute atomic E-state index is 13.0. The lowest BCUT2D eigenvalue weighted by atomic mass is 10.1. The quantitative estimate of drug-likeness (QED) is 0.206. The second-order valence-corrected chi connectivity index (χ2v) is 11.4. The average molecular weight is 610 g/mol. The molecule has 1 N–H and O–H groups in total. The van der Waals surface area contributed by atoms with Crippen molar-refractivity contribution < 1.29 is 29.0 Å². The van der Waals surface area contributed by atoms with E-state index in [2.05, 4.69) is 9.97 Å². The van der Waals surface area contributed by atoms with Crippen LogP contribution in [0, 0.1) is 11.6 Å². The van der Waals surface area contributed by atoms with Gasteiger partial charge in [0.25, 0.3) is 0 Å². The zero-order valence-corrected chi connectivity index (χ0v) is 27.4. The van der Waals surface area contributed by atoms with Crippen LogP contribution in [-0.4, -0.2) is 65.2 Å². The third kappa shape index (κ3) is 13.0. The smallest absolute Gasteiger partial charge is 0.650 e. The van der Waals surface area contributed by atoms with Crippen LogP contribution in [0.5, 0.6) is 11.5 Å². The van der Waals surface area contributed by atoms with Crippen molar-refractivity contribution >= 4 is 31.8 Å². The molecule has 0 amide bonds. The fourth-order valence-corrected chi connectivity index (χ4v) is 5.12. The first-order valence-electron chi connectivity index (χ1n) is 13.5. The van der Waals surface area contributed by atoms with E-state index < -0.39 is 21.0 Å². The Labute approximate surface area is 260 Å². The molecule has 0 unspecified atom stereocenters. The summed E-state index contributed by atoms with van der Waals surface area (Å²) in [4.78, 5) is 8.24. The third-order valence-electron chi connectivity index (χ3n) is 5.09. The number of nitrogens with zero attached hydrogens (tertiary/aromatic N) is 2. The molecule has 0 aliphatic rings. The number of halogens is 2. The second-order valence-electron chi connectivity index (χ2n) is 9.72. The highest BCUT2D eigenvalue weighted by atomic mass is 27.3. The minimum atomic E-state index is -1.91. The molecule has 0 saturated heterocycles. The zero-order chi connectivity index (χ0) is 31.1. The van der Waals surface area contributed by atoms with Gasteiger partial charge >= 0.3 is 31.8 Å². The summed E-state index contributed by atoms with van der Waals surface area (Å²) in [7, 11) is 0. The normalized spacial score (nSPS) is 10.5. The topological polar surface area (TPSA) is 82.9 Å². The van der Waals surface area contributed by atoms with Gasteiger partial charge in [-0.2, -0.15) is 0 Å². The summed E-state index contributed by atoms with van der Waals surface area (Å²) in [6.07, 6.45) is 3.84. The van der Waals surface area contributed by atoms with Gasteiger partial charge in [0, 0.05) is 54.0 Å². The van der Waals surface area contributed by atoms with Crippen LogP contribution in [0.25, 0.3) is 22.5 Å². The van der Waals surface area contributed by atoms with Crippen molar-refractivity contribution in [3.05, 3.63) is 96.8 Å². The number of aromatic hydroxyl groups is 1. The summed E-state index contributed by atoms with van der Waals surface area (Å²) in [6, 6.07) is 19.2. The van der Waals surface area contributed by atoms with E-state index >= 15 is 0 Å². The molecule has 2 aromatic carbocycles. The molecular formula is C31H37Al2F2N2O5. The summed E-state index contributed by atoms with van der Waals surface area (Å²) < 4.78 is 47.5. The van der Waals surface area contributed by atoms with Gasteiger partial charge in [0.2, 0.25) is 0 Å². The Kier molecular flexibility index (Phi) is 15.7. The van der Waals surface area contributed by atoms with E-state index in [4.69, 9.17) is 15.2 Å². The maximum atomic E-state index is 13.0. The van der Waals surface area contributed by atoms with Crippen molar-refractivity contribution in [3.63, 3.8) is 0 Å². The van der Waals surface area contributed by atoms with Gasteiger partial charge in [0.1, 0.15) is 17.4 Å². The molecule has 11 heteroatoms. The number of phenolic OH excluding ortho intramolecular Hbond substituents is 1. The summed E-state index contributed by atoms with van der Waals surface area (Å²) in [6.45, 7) is 12.0. The largest absolute Gasteiger partial charge is 0.906 e. The van der Waals surface area contributed by atoms with E-state index in [9.17, 15) is 13.9 Å². The van der Waals surface area contributed by atoms with Crippen LogP contribution in [-0.2, 0) is 11.4 Å². The van der Waals surface area contributed by atoms with Gasteiger partial charge in [-0.25, -0.2) is 8.78 Å². The number of pyridine rings is 2.